The number of piperidine rings is 1. The molecule has 4 nitrogen and oxygen atoms in total. The van der Waals surface area contributed by atoms with Gasteiger partial charge in [0.05, 0.1) is 6.04 Å². The molecule has 110 valence electrons. The van der Waals surface area contributed by atoms with E-state index in [1.807, 2.05) is 18.2 Å². The number of carbonyl (C=O) groups is 1. The number of amides is 1. The Bertz CT molecular complexity index is 461. The molecule has 1 fully saturated rings. The van der Waals surface area contributed by atoms with Gasteiger partial charge in [-0.25, -0.2) is 0 Å². The summed E-state index contributed by atoms with van der Waals surface area (Å²) < 4.78 is 0. The van der Waals surface area contributed by atoms with E-state index in [0.29, 0.717) is 11.6 Å². The fourth-order valence-electron chi connectivity index (χ4n) is 2.96. The number of benzene rings is 1. The molecule has 0 bridgehead atoms. The van der Waals surface area contributed by atoms with Gasteiger partial charge in [0.1, 0.15) is 0 Å². The van der Waals surface area contributed by atoms with Crippen LogP contribution in [0.25, 0.3) is 0 Å². The molecule has 2 atom stereocenters. The minimum Gasteiger partial charge on any atom is -0.399 e. The second kappa shape index (κ2) is 6.75. The molecule has 0 spiro atoms. The molecule has 0 aliphatic carbocycles. The standard InChI is InChI=1S/C16H25N3O/c1-3-15(19-9-5-6-12(2)11-19)16(20)18-14-8-4-7-13(17)10-14/h4,7-8,10,12,15H,3,5-6,9,11,17H2,1-2H3,(H,18,20). The van der Waals surface area contributed by atoms with E-state index in [-0.39, 0.29) is 11.9 Å². The van der Waals surface area contributed by atoms with Gasteiger partial charge in [0.2, 0.25) is 5.91 Å². The molecule has 2 unspecified atom stereocenters. The highest BCUT2D eigenvalue weighted by Crippen LogP contribution is 2.20. The van der Waals surface area contributed by atoms with E-state index in [1.54, 1.807) is 6.07 Å². The summed E-state index contributed by atoms with van der Waals surface area (Å²) >= 11 is 0. The van der Waals surface area contributed by atoms with Gasteiger partial charge in [0.15, 0.2) is 0 Å². The van der Waals surface area contributed by atoms with Crippen LogP contribution in [-0.2, 0) is 4.79 Å². The molecule has 2 rings (SSSR count). The lowest BCUT2D eigenvalue weighted by Gasteiger charge is -2.36. The van der Waals surface area contributed by atoms with Gasteiger partial charge in [-0.3, -0.25) is 9.69 Å². The fourth-order valence-corrected chi connectivity index (χ4v) is 2.96. The van der Waals surface area contributed by atoms with Gasteiger partial charge in [-0.1, -0.05) is 19.9 Å². The maximum atomic E-state index is 12.5. The molecule has 1 aromatic carbocycles. The number of hydrogen-bond acceptors (Lipinski definition) is 3. The van der Waals surface area contributed by atoms with Gasteiger partial charge < -0.3 is 11.1 Å². The van der Waals surface area contributed by atoms with Gasteiger partial charge >= 0.3 is 0 Å². The lowest BCUT2D eigenvalue weighted by Crippen LogP contribution is -2.48. The van der Waals surface area contributed by atoms with Crippen molar-refractivity contribution in [3.05, 3.63) is 24.3 Å². The Kier molecular flexibility index (Phi) is 5.01. The molecule has 1 aliphatic rings. The highest BCUT2D eigenvalue weighted by molar-refractivity contribution is 5.95. The van der Waals surface area contributed by atoms with Gasteiger partial charge in [-0.2, -0.15) is 0 Å². The number of nitrogens with one attached hydrogen (secondary N) is 1. The van der Waals surface area contributed by atoms with Crippen LogP contribution in [0.3, 0.4) is 0 Å². The number of carbonyl (C=O) groups excluding carboxylic acids is 1. The predicted octanol–water partition coefficient (Wildman–Crippen LogP) is 2.72. The normalized spacial score (nSPS) is 21.4. The van der Waals surface area contributed by atoms with Crippen LogP contribution in [0.2, 0.25) is 0 Å². The van der Waals surface area contributed by atoms with Crippen molar-refractivity contribution >= 4 is 17.3 Å². The first-order valence-electron chi connectivity index (χ1n) is 7.50. The molecule has 1 heterocycles. The quantitative estimate of drug-likeness (QED) is 0.831. The smallest absolute Gasteiger partial charge is 0.241 e. The maximum absolute atomic E-state index is 12.5. The zero-order valence-corrected chi connectivity index (χ0v) is 12.4. The third kappa shape index (κ3) is 3.73. The molecule has 20 heavy (non-hydrogen) atoms. The number of rotatable bonds is 4. The van der Waals surface area contributed by atoms with Crippen LogP contribution in [0, 0.1) is 5.92 Å². The van der Waals surface area contributed by atoms with Crippen LogP contribution < -0.4 is 11.1 Å². The number of hydrogen-bond donors (Lipinski definition) is 2. The van der Waals surface area contributed by atoms with Gasteiger partial charge in [-0.15, -0.1) is 0 Å². The summed E-state index contributed by atoms with van der Waals surface area (Å²) in [6, 6.07) is 7.30. The summed E-state index contributed by atoms with van der Waals surface area (Å²) in [5.41, 5.74) is 7.19. The summed E-state index contributed by atoms with van der Waals surface area (Å²) in [4.78, 5) is 14.8. The van der Waals surface area contributed by atoms with Crippen LogP contribution in [0.15, 0.2) is 24.3 Å². The van der Waals surface area contributed by atoms with Crippen molar-refractivity contribution in [2.75, 3.05) is 24.1 Å². The van der Waals surface area contributed by atoms with Crippen molar-refractivity contribution in [1.82, 2.24) is 4.90 Å². The maximum Gasteiger partial charge on any atom is 0.241 e. The van der Waals surface area contributed by atoms with Crippen LogP contribution >= 0.6 is 0 Å². The van der Waals surface area contributed by atoms with Crippen molar-refractivity contribution in [1.29, 1.82) is 0 Å². The molecular formula is C16H25N3O. The van der Waals surface area contributed by atoms with E-state index in [1.165, 1.54) is 12.8 Å². The lowest BCUT2D eigenvalue weighted by molar-refractivity contribution is -0.122. The third-order valence-corrected chi connectivity index (χ3v) is 3.97. The number of likely N-dealkylation sites (tertiary alicyclic amines) is 1. The molecule has 1 saturated heterocycles. The van der Waals surface area contributed by atoms with E-state index >= 15 is 0 Å². The Morgan fingerprint density at radius 2 is 2.35 bits per heavy atom. The van der Waals surface area contributed by atoms with E-state index in [0.717, 1.165) is 25.2 Å². The molecule has 3 N–H and O–H groups in total. The second-order valence-corrected chi connectivity index (χ2v) is 5.78. The van der Waals surface area contributed by atoms with Gasteiger partial charge in [0.25, 0.3) is 0 Å². The zero-order chi connectivity index (χ0) is 14.5. The Morgan fingerprint density at radius 1 is 1.55 bits per heavy atom. The molecule has 0 saturated carbocycles. The molecule has 1 aromatic rings. The van der Waals surface area contributed by atoms with Crippen LogP contribution in [0.1, 0.15) is 33.1 Å². The highest BCUT2D eigenvalue weighted by atomic mass is 16.2. The number of nitrogen functional groups attached to an aromatic ring is 1. The topological polar surface area (TPSA) is 58.4 Å². The van der Waals surface area contributed by atoms with Crippen molar-refractivity contribution in [2.24, 2.45) is 5.92 Å². The largest absolute Gasteiger partial charge is 0.399 e. The first-order chi connectivity index (χ1) is 9.60. The summed E-state index contributed by atoms with van der Waals surface area (Å²) in [5.74, 6) is 0.755. The van der Waals surface area contributed by atoms with Gasteiger partial charge in [-0.05, 0) is 49.9 Å². The van der Waals surface area contributed by atoms with Gasteiger partial charge in [0, 0.05) is 17.9 Å². The van der Waals surface area contributed by atoms with E-state index in [4.69, 9.17) is 5.73 Å². The van der Waals surface area contributed by atoms with Crippen LogP contribution in [0.4, 0.5) is 11.4 Å². The number of anilines is 2. The Balaban J connectivity index is 2.01. The molecular weight excluding hydrogens is 250 g/mol. The first kappa shape index (κ1) is 14.9. The third-order valence-electron chi connectivity index (χ3n) is 3.97. The average molecular weight is 275 g/mol. The summed E-state index contributed by atoms with van der Waals surface area (Å²) in [5, 5.41) is 2.99. The minimum absolute atomic E-state index is 0.0424. The molecule has 0 aromatic heterocycles. The molecule has 0 radical (unpaired) electrons. The Labute approximate surface area is 121 Å². The predicted molar refractivity (Wildman–Crippen MR) is 83.5 cm³/mol. The van der Waals surface area contributed by atoms with Crippen molar-refractivity contribution < 1.29 is 4.79 Å². The molecule has 1 aliphatic heterocycles. The minimum atomic E-state index is -0.0424. The summed E-state index contributed by atoms with van der Waals surface area (Å²) in [6.45, 7) is 6.37. The van der Waals surface area contributed by atoms with E-state index in [9.17, 15) is 4.79 Å². The Hall–Kier alpha value is -1.55. The zero-order valence-electron chi connectivity index (χ0n) is 12.4. The lowest BCUT2D eigenvalue weighted by atomic mass is 9.98. The summed E-state index contributed by atoms with van der Waals surface area (Å²) in [7, 11) is 0. The number of nitrogens with two attached hydrogens (primary N) is 1. The second-order valence-electron chi connectivity index (χ2n) is 5.78. The van der Waals surface area contributed by atoms with Crippen LogP contribution in [0.5, 0.6) is 0 Å². The first-order valence-corrected chi connectivity index (χ1v) is 7.50. The van der Waals surface area contributed by atoms with Crippen molar-refractivity contribution in [3.63, 3.8) is 0 Å². The Morgan fingerprint density at radius 3 is 3.00 bits per heavy atom. The molecule has 4 heteroatoms. The van der Waals surface area contributed by atoms with E-state index in [2.05, 4.69) is 24.1 Å². The fraction of sp³-hybridized carbons (Fsp3) is 0.562. The monoisotopic (exact) mass is 275 g/mol. The molecule has 1 amide bonds. The highest BCUT2D eigenvalue weighted by Gasteiger charge is 2.27. The van der Waals surface area contributed by atoms with E-state index < -0.39 is 0 Å². The SMILES string of the molecule is CCC(C(=O)Nc1cccc(N)c1)N1CCCC(C)C1. The van der Waals surface area contributed by atoms with Crippen molar-refractivity contribution in [3.8, 4) is 0 Å². The van der Waals surface area contributed by atoms with Crippen LogP contribution in [-0.4, -0.2) is 29.9 Å². The average Bonchev–Trinajstić information content (AvgIpc) is 2.39. The van der Waals surface area contributed by atoms with Crippen molar-refractivity contribution in [2.45, 2.75) is 39.2 Å². The summed E-state index contributed by atoms with van der Waals surface area (Å²) in [6.07, 6.45) is 3.29. The number of nitrogens with zero attached hydrogens (tertiary/aromatic N) is 1.